The van der Waals surface area contributed by atoms with Crippen molar-refractivity contribution in [2.24, 2.45) is 11.7 Å². The second-order valence-electron chi connectivity index (χ2n) is 5.70. The number of hydrogen-bond donors (Lipinski definition) is 1. The molecule has 0 saturated carbocycles. The standard InChI is InChI=1S/C14H21N3O4S.ClH/c1-10-3-4-13(17(18)19)14(11(10)2)22(20,21)16-7-5-12(9-15)6-8-16;/h3-4,12H,5-9,15H2,1-2H3;1H. The van der Waals surface area contributed by atoms with Gasteiger partial charge in [0.25, 0.3) is 5.69 Å². The largest absolute Gasteiger partial charge is 0.330 e. The monoisotopic (exact) mass is 363 g/mol. The van der Waals surface area contributed by atoms with Crippen molar-refractivity contribution in [2.75, 3.05) is 19.6 Å². The van der Waals surface area contributed by atoms with Gasteiger partial charge in [0.1, 0.15) is 0 Å². The van der Waals surface area contributed by atoms with Gasteiger partial charge in [0.05, 0.1) is 4.92 Å². The lowest BCUT2D eigenvalue weighted by molar-refractivity contribution is -0.388. The summed E-state index contributed by atoms with van der Waals surface area (Å²) in [4.78, 5) is 10.4. The summed E-state index contributed by atoms with van der Waals surface area (Å²) in [5.74, 6) is 0.319. The molecule has 7 nitrogen and oxygen atoms in total. The van der Waals surface area contributed by atoms with Gasteiger partial charge in [-0.2, -0.15) is 4.31 Å². The maximum absolute atomic E-state index is 12.9. The summed E-state index contributed by atoms with van der Waals surface area (Å²) in [5.41, 5.74) is 6.43. The second-order valence-corrected chi connectivity index (χ2v) is 7.57. The average molecular weight is 364 g/mol. The summed E-state index contributed by atoms with van der Waals surface area (Å²) in [6.45, 7) is 4.61. The van der Waals surface area contributed by atoms with Gasteiger partial charge in [0, 0.05) is 19.2 Å². The number of hydrogen-bond acceptors (Lipinski definition) is 5. The highest BCUT2D eigenvalue weighted by Crippen LogP contribution is 2.33. The topological polar surface area (TPSA) is 107 Å². The molecular formula is C14H22ClN3O4S. The summed E-state index contributed by atoms with van der Waals surface area (Å²) in [6, 6.07) is 2.84. The number of halogens is 1. The fourth-order valence-electron chi connectivity index (χ4n) is 2.76. The molecule has 0 radical (unpaired) electrons. The van der Waals surface area contributed by atoms with Crippen LogP contribution in [0.3, 0.4) is 0 Å². The van der Waals surface area contributed by atoms with E-state index in [0.29, 0.717) is 44.0 Å². The Morgan fingerprint density at radius 2 is 1.87 bits per heavy atom. The summed E-state index contributed by atoms with van der Waals surface area (Å²) in [5, 5.41) is 11.2. The number of nitro groups is 1. The van der Waals surface area contributed by atoms with E-state index >= 15 is 0 Å². The molecule has 1 heterocycles. The van der Waals surface area contributed by atoms with Gasteiger partial charge in [-0.25, -0.2) is 8.42 Å². The molecule has 1 saturated heterocycles. The first-order valence-electron chi connectivity index (χ1n) is 7.23. The van der Waals surface area contributed by atoms with Crippen molar-refractivity contribution in [3.05, 3.63) is 33.4 Å². The minimum Gasteiger partial charge on any atom is -0.330 e. The van der Waals surface area contributed by atoms with Crippen LogP contribution >= 0.6 is 12.4 Å². The molecule has 1 aromatic carbocycles. The van der Waals surface area contributed by atoms with Crippen molar-refractivity contribution in [3.63, 3.8) is 0 Å². The van der Waals surface area contributed by atoms with E-state index in [4.69, 9.17) is 5.73 Å². The van der Waals surface area contributed by atoms with Crippen LogP contribution in [0.1, 0.15) is 24.0 Å². The van der Waals surface area contributed by atoms with Gasteiger partial charge in [-0.1, -0.05) is 6.07 Å². The SMILES string of the molecule is Cc1ccc([N+](=O)[O-])c(S(=O)(=O)N2CCC(CN)CC2)c1C.Cl. The van der Waals surface area contributed by atoms with Crippen LogP contribution in [-0.4, -0.2) is 37.3 Å². The number of piperidine rings is 1. The molecule has 0 bridgehead atoms. The lowest BCUT2D eigenvalue weighted by Gasteiger charge is -2.30. The van der Waals surface area contributed by atoms with Crippen LogP contribution in [0.15, 0.2) is 17.0 Å². The third-order valence-corrected chi connectivity index (χ3v) is 6.43. The molecule has 1 aliphatic heterocycles. The number of benzene rings is 1. The fraction of sp³-hybridized carbons (Fsp3) is 0.571. The Hall–Kier alpha value is -1.22. The maximum atomic E-state index is 12.9. The zero-order valence-electron chi connectivity index (χ0n) is 13.2. The Bertz CT molecular complexity index is 686. The highest BCUT2D eigenvalue weighted by Gasteiger charge is 2.35. The van der Waals surface area contributed by atoms with E-state index in [1.54, 1.807) is 19.9 Å². The molecule has 0 spiro atoms. The van der Waals surface area contributed by atoms with Crippen molar-refractivity contribution in [3.8, 4) is 0 Å². The van der Waals surface area contributed by atoms with E-state index in [9.17, 15) is 18.5 Å². The van der Waals surface area contributed by atoms with Crippen LogP contribution in [0.25, 0.3) is 0 Å². The zero-order chi connectivity index (χ0) is 16.5. The molecular weight excluding hydrogens is 342 g/mol. The Morgan fingerprint density at radius 3 is 2.35 bits per heavy atom. The van der Waals surface area contributed by atoms with Crippen molar-refractivity contribution in [1.82, 2.24) is 4.31 Å². The quantitative estimate of drug-likeness (QED) is 0.650. The first-order chi connectivity index (χ1) is 10.3. The normalized spacial score (nSPS) is 16.8. The number of nitrogens with zero attached hydrogens (tertiary/aromatic N) is 2. The highest BCUT2D eigenvalue weighted by atomic mass is 35.5. The summed E-state index contributed by atoms with van der Waals surface area (Å²) < 4.78 is 27.1. The van der Waals surface area contributed by atoms with Crippen molar-refractivity contribution in [1.29, 1.82) is 0 Å². The second kappa shape index (κ2) is 7.57. The van der Waals surface area contributed by atoms with Gasteiger partial charge >= 0.3 is 0 Å². The molecule has 0 unspecified atom stereocenters. The number of aryl methyl sites for hydroxylation is 1. The van der Waals surface area contributed by atoms with E-state index < -0.39 is 14.9 Å². The van der Waals surface area contributed by atoms with E-state index in [-0.39, 0.29) is 23.0 Å². The van der Waals surface area contributed by atoms with Crippen molar-refractivity contribution >= 4 is 28.1 Å². The van der Waals surface area contributed by atoms with Crippen LogP contribution in [0.5, 0.6) is 0 Å². The summed E-state index contributed by atoms with van der Waals surface area (Å²) in [6.07, 6.45) is 1.38. The predicted molar refractivity (Wildman–Crippen MR) is 90.4 cm³/mol. The van der Waals surface area contributed by atoms with Crippen LogP contribution in [0.2, 0.25) is 0 Å². The average Bonchev–Trinajstić information content (AvgIpc) is 2.49. The van der Waals surface area contributed by atoms with E-state index in [1.807, 2.05) is 0 Å². The first-order valence-corrected chi connectivity index (χ1v) is 8.67. The zero-order valence-corrected chi connectivity index (χ0v) is 14.8. The van der Waals surface area contributed by atoms with Gasteiger partial charge in [-0.3, -0.25) is 10.1 Å². The van der Waals surface area contributed by atoms with Crippen LogP contribution in [-0.2, 0) is 10.0 Å². The van der Waals surface area contributed by atoms with Gasteiger partial charge in [0.15, 0.2) is 4.90 Å². The van der Waals surface area contributed by atoms with E-state index in [2.05, 4.69) is 0 Å². The smallest absolute Gasteiger partial charge is 0.289 e. The van der Waals surface area contributed by atoms with E-state index in [1.165, 1.54) is 10.4 Å². The Morgan fingerprint density at radius 1 is 1.30 bits per heavy atom. The summed E-state index contributed by atoms with van der Waals surface area (Å²) >= 11 is 0. The molecule has 1 aromatic rings. The fourth-order valence-corrected chi connectivity index (χ4v) is 4.66. The Kier molecular flexibility index (Phi) is 6.52. The third-order valence-electron chi connectivity index (χ3n) is 4.36. The number of sulfonamides is 1. The van der Waals surface area contributed by atoms with Crippen molar-refractivity contribution < 1.29 is 13.3 Å². The molecule has 130 valence electrons. The molecule has 0 amide bonds. The van der Waals surface area contributed by atoms with Crippen LogP contribution in [0, 0.1) is 29.9 Å². The summed E-state index contributed by atoms with van der Waals surface area (Å²) in [7, 11) is -3.87. The van der Waals surface area contributed by atoms with Crippen LogP contribution < -0.4 is 5.73 Å². The number of nitrogens with two attached hydrogens (primary N) is 1. The number of nitro benzene ring substituents is 1. The molecule has 1 fully saturated rings. The molecule has 2 N–H and O–H groups in total. The molecule has 9 heteroatoms. The third kappa shape index (κ3) is 3.82. The Labute approximate surface area is 142 Å². The molecule has 23 heavy (non-hydrogen) atoms. The molecule has 1 aliphatic rings. The predicted octanol–water partition coefficient (Wildman–Crippen LogP) is 1.99. The van der Waals surface area contributed by atoms with Gasteiger partial charge < -0.3 is 5.73 Å². The minimum atomic E-state index is -3.87. The Balaban J connectivity index is 0.00000264. The van der Waals surface area contributed by atoms with Crippen LogP contribution in [0.4, 0.5) is 5.69 Å². The molecule has 2 rings (SSSR count). The lowest BCUT2D eigenvalue weighted by Crippen LogP contribution is -2.40. The van der Waals surface area contributed by atoms with Gasteiger partial charge in [0.2, 0.25) is 10.0 Å². The number of rotatable bonds is 4. The van der Waals surface area contributed by atoms with Gasteiger partial charge in [-0.15, -0.1) is 12.4 Å². The van der Waals surface area contributed by atoms with E-state index in [0.717, 1.165) is 5.56 Å². The minimum absolute atomic E-state index is 0. The molecule has 0 aromatic heterocycles. The maximum Gasteiger partial charge on any atom is 0.289 e. The first kappa shape index (κ1) is 19.8. The highest BCUT2D eigenvalue weighted by molar-refractivity contribution is 7.89. The van der Waals surface area contributed by atoms with Gasteiger partial charge in [-0.05, 0) is 50.3 Å². The van der Waals surface area contributed by atoms with Crippen molar-refractivity contribution in [2.45, 2.75) is 31.6 Å². The molecule has 0 atom stereocenters. The molecule has 0 aliphatic carbocycles. The lowest BCUT2D eigenvalue weighted by atomic mass is 9.99.